The van der Waals surface area contributed by atoms with Crippen molar-refractivity contribution in [2.75, 3.05) is 20.7 Å². The van der Waals surface area contributed by atoms with Gasteiger partial charge in [0.25, 0.3) is 0 Å². The van der Waals surface area contributed by atoms with Crippen LogP contribution in [0.3, 0.4) is 0 Å². The molecule has 1 saturated heterocycles. The van der Waals surface area contributed by atoms with Crippen molar-refractivity contribution >= 4 is 33.6 Å². The molecule has 2 amide bonds. The number of benzene rings is 1. The van der Waals surface area contributed by atoms with Gasteiger partial charge < -0.3 is 4.74 Å². The molecular weight excluding hydrogens is 404 g/mol. The van der Waals surface area contributed by atoms with E-state index in [2.05, 4.69) is 14.4 Å². The molecule has 1 aliphatic heterocycles. The van der Waals surface area contributed by atoms with Crippen LogP contribution in [0.5, 0.6) is 0 Å². The first-order valence-corrected chi connectivity index (χ1v) is 10.6. The zero-order valence-corrected chi connectivity index (χ0v) is 17.1. The van der Waals surface area contributed by atoms with E-state index in [4.69, 9.17) is 4.74 Å². The number of nitrogens with one attached hydrogen (secondary N) is 2. The lowest BCUT2D eigenvalue weighted by Crippen LogP contribution is -2.52. The number of rotatable bonds is 6. The molecule has 152 valence electrons. The van der Waals surface area contributed by atoms with Crippen molar-refractivity contribution in [3.8, 4) is 0 Å². The second-order valence-electron chi connectivity index (χ2n) is 6.69. The van der Waals surface area contributed by atoms with Gasteiger partial charge in [-0.15, -0.1) is 0 Å². The summed E-state index contributed by atoms with van der Waals surface area (Å²) in [5.41, 5.74) is -0.197. The quantitative estimate of drug-likeness (QED) is 0.650. The van der Waals surface area contributed by atoms with Gasteiger partial charge in [-0.2, -0.15) is 12.8 Å². The molecule has 28 heavy (non-hydrogen) atoms. The number of ether oxygens (including phenoxy) is 1. The van der Waals surface area contributed by atoms with Crippen molar-refractivity contribution in [1.82, 2.24) is 14.9 Å². The summed E-state index contributed by atoms with van der Waals surface area (Å²) >= 11 is 0.747. The second-order valence-corrected chi connectivity index (χ2v) is 8.31. The van der Waals surface area contributed by atoms with E-state index in [1.165, 1.54) is 0 Å². The van der Waals surface area contributed by atoms with Gasteiger partial charge in [0.1, 0.15) is 5.54 Å². The summed E-state index contributed by atoms with van der Waals surface area (Å²) in [5.74, 6) is -0.544. The van der Waals surface area contributed by atoms with Gasteiger partial charge in [0.15, 0.2) is 0 Å². The van der Waals surface area contributed by atoms with Crippen molar-refractivity contribution in [1.29, 1.82) is 0 Å². The van der Waals surface area contributed by atoms with Crippen molar-refractivity contribution in [3.05, 3.63) is 35.9 Å². The van der Waals surface area contributed by atoms with E-state index in [9.17, 15) is 18.0 Å². The van der Waals surface area contributed by atoms with Gasteiger partial charge in [-0.3, -0.25) is 24.5 Å². The first-order chi connectivity index (χ1) is 13.4. The van der Waals surface area contributed by atoms with Gasteiger partial charge >= 0.3 is 15.7 Å². The number of nitrogens with zero attached hydrogens (tertiary/aromatic N) is 2. The molecule has 0 radical (unpaired) electrons. The fourth-order valence-electron chi connectivity index (χ4n) is 3.87. The minimum atomic E-state index is -2.64. The monoisotopic (exact) mass is 426 g/mol. The Kier molecular flexibility index (Phi) is 6.50. The van der Waals surface area contributed by atoms with E-state index in [1.807, 2.05) is 35.2 Å². The third-order valence-corrected chi connectivity index (χ3v) is 6.12. The number of methoxy groups -OCH3 is 1. The Labute approximate surface area is 169 Å². The molecule has 2 aliphatic rings. The zero-order valence-electron chi connectivity index (χ0n) is 15.5. The van der Waals surface area contributed by atoms with Crippen LogP contribution in [0.25, 0.3) is 0 Å². The third-order valence-electron chi connectivity index (χ3n) is 5.21. The Hall–Kier alpha value is -1.79. The van der Waals surface area contributed by atoms with Crippen LogP contribution in [-0.2, 0) is 20.0 Å². The molecule has 3 rings (SSSR count). The number of hydrogen-bond donors (Lipinski definition) is 2. The van der Waals surface area contributed by atoms with E-state index in [1.54, 1.807) is 14.2 Å². The van der Waals surface area contributed by atoms with E-state index in [0.717, 1.165) is 17.5 Å². The summed E-state index contributed by atoms with van der Waals surface area (Å²) in [6.07, 6.45) is 0.766. The highest BCUT2D eigenvalue weighted by Crippen LogP contribution is 2.52. The molecule has 2 N–H and O–H groups in total. The lowest BCUT2D eigenvalue weighted by molar-refractivity contribution is -0.127. The number of carbonyl (C=O) groups is 2. The maximum absolute atomic E-state index is 13.0. The topological polar surface area (TPSA) is 117 Å². The van der Waals surface area contributed by atoms with Crippen LogP contribution in [0.2, 0.25) is 0 Å². The molecule has 1 aliphatic carbocycles. The van der Waals surface area contributed by atoms with Gasteiger partial charge in [-0.05, 0) is 19.0 Å². The van der Waals surface area contributed by atoms with Crippen LogP contribution < -0.4 is 10.0 Å². The number of hydrogen-bond acceptors (Lipinski definition) is 9. The first-order valence-electron chi connectivity index (χ1n) is 8.76. The van der Waals surface area contributed by atoms with Crippen molar-refractivity contribution in [2.24, 2.45) is 4.36 Å². The van der Waals surface area contributed by atoms with E-state index in [0.29, 0.717) is 13.0 Å². The van der Waals surface area contributed by atoms with E-state index in [-0.39, 0.29) is 18.6 Å². The van der Waals surface area contributed by atoms with Gasteiger partial charge in [-0.1, -0.05) is 30.3 Å². The molecule has 0 spiro atoms. The average molecular weight is 427 g/mol. The molecule has 0 bridgehead atoms. The second kappa shape index (κ2) is 8.70. The normalized spacial score (nSPS) is 29.3. The predicted molar refractivity (Wildman–Crippen MR) is 104 cm³/mol. The Morgan fingerprint density at radius 2 is 2.04 bits per heavy atom. The zero-order chi connectivity index (χ0) is 20.3. The number of likely N-dealkylation sites (tertiary alicyclic amines) is 1. The van der Waals surface area contributed by atoms with E-state index >= 15 is 0 Å². The molecule has 4 atom stereocenters. The summed E-state index contributed by atoms with van der Waals surface area (Å²) in [5, 5.41) is 1.79. The number of carbonyl (C=O) groups excluding carboxylic acids is 2. The van der Waals surface area contributed by atoms with Crippen LogP contribution in [0.1, 0.15) is 24.4 Å². The Morgan fingerprint density at radius 1 is 1.32 bits per heavy atom. The largest absolute Gasteiger partial charge is 0.380 e. The first kappa shape index (κ1) is 20.9. The molecule has 1 aromatic carbocycles. The van der Waals surface area contributed by atoms with Crippen LogP contribution in [0.4, 0.5) is 4.79 Å². The van der Waals surface area contributed by atoms with E-state index < -0.39 is 33.2 Å². The van der Waals surface area contributed by atoms with Gasteiger partial charge in [0, 0.05) is 38.1 Å². The summed E-state index contributed by atoms with van der Waals surface area (Å²) in [6.45, 7) is 0.439. The summed E-state index contributed by atoms with van der Waals surface area (Å²) in [6, 6.07) is 8.77. The number of imide groups is 1. The highest BCUT2D eigenvalue weighted by Gasteiger charge is 2.68. The number of amides is 2. The summed E-state index contributed by atoms with van der Waals surface area (Å²) in [7, 11) is 0.529. The molecule has 4 unspecified atom stereocenters. The highest BCUT2D eigenvalue weighted by molar-refractivity contribution is 8.11. The van der Waals surface area contributed by atoms with Crippen molar-refractivity contribution < 1.29 is 22.7 Å². The predicted octanol–water partition coefficient (Wildman–Crippen LogP) is 1.13. The fraction of sp³-hybridized carbons (Fsp3) is 0.529. The maximum atomic E-state index is 13.0. The maximum Gasteiger partial charge on any atom is 0.311 e. The smallest absolute Gasteiger partial charge is 0.311 e. The molecule has 0 aromatic heterocycles. The van der Waals surface area contributed by atoms with Crippen molar-refractivity contribution in [2.45, 2.75) is 36.6 Å². The molecule has 1 saturated carbocycles. The molecule has 9 nitrogen and oxygen atoms in total. The van der Waals surface area contributed by atoms with Gasteiger partial charge in [0.2, 0.25) is 5.91 Å². The summed E-state index contributed by atoms with van der Waals surface area (Å²) < 4.78 is 34.1. The lowest BCUT2D eigenvalue weighted by Gasteiger charge is -2.32. The van der Waals surface area contributed by atoms with Crippen LogP contribution in [0, 0.1) is 0 Å². The SMILES string of the molecule is CNSC(=O)NC(=O)C1(N2CC(OC)CC2c2ccccc2)CC1N=S(=O)=O. The fourth-order valence-corrected chi connectivity index (χ4v) is 4.65. The Balaban J connectivity index is 1.96. The standard InChI is InChI=1S/C17H22N4O5S2/c1-18-27-16(23)19-15(22)17(9-14(17)20-28(24)25)21-10-12(26-2)8-13(21)11-6-4-3-5-7-11/h3-7,12-14,18H,8-10H2,1-2H3,(H,19,22,23). The van der Waals surface area contributed by atoms with Gasteiger partial charge in [-0.25, -0.2) is 0 Å². The van der Waals surface area contributed by atoms with Crippen molar-refractivity contribution in [3.63, 3.8) is 0 Å². The average Bonchev–Trinajstić information content (AvgIpc) is 3.20. The minimum absolute atomic E-state index is 0.115. The summed E-state index contributed by atoms with van der Waals surface area (Å²) in [4.78, 5) is 26.9. The van der Waals surface area contributed by atoms with Crippen LogP contribution >= 0.6 is 11.9 Å². The molecule has 11 heteroatoms. The molecule has 2 fully saturated rings. The molecule has 1 aromatic rings. The molecule has 1 heterocycles. The Morgan fingerprint density at radius 3 is 2.64 bits per heavy atom. The minimum Gasteiger partial charge on any atom is -0.380 e. The van der Waals surface area contributed by atoms with Crippen LogP contribution in [0.15, 0.2) is 34.7 Å². The third kappa shape index (κ3) is 4.13. The van der Waals surface area contributed by atoms with Crippen LogP contribution in [-0.4, -0.2) is 62.9 Å². The molecular formula is C17H22N4O5S2. The Bertz CT molecular complexity index is 871. The van der Waals surface area contributed by atoms with Gasteiger partial charge in [0.05, 0.1) is 12.1 Å². The highest BCUT2D eigenvalue weighted by atomic mass is 32.2. The lowest BCUT2D eigenvalue weighted by atomic mass is 10.0.